The average Bonchev–Trinajstić information content (AvgIpc) is 2.82. The molecule has 1 unspecified atom stereocenters. The molecule has 0 aliphatic carbocycles. The summed E-state index contributed by atoms with van der Waals surface area (Å²) in [4.78, 5) is 41.0. The lowest BCUT2D eigenvalue weighted by Gasteiger charge is -2.45. The molecule has 2 N–H and O–H groups in total. The molecule has 33 heavy (non-hydrogen) atoms. The van der Waals surface area contributed by atoms with E-state index in [2.05, 4.69) is 5.32 Å². The average molecular weight is 450 g/mol. The van der Waals surface area contributed by atoms with Crippen LogP contribution in [0.2, 0.25) is 0 Å². The molecule has 7 heteroatoms. The summed E-state index contributed by atoms with van der Waals surface area (Å²) in [5, 5.41) is 2.84. The van der Waals surface area contributed by atoms with Crippen molar-refractivity contribution in [3.05, 3.63) is 64.1 Å². The zero-order valence-electron chi connectivity index (χ0n) is 19.3. The Morgan fingerprint density at radius 2 is 1.82 bits per heavy atom. The van der Waals surface area contributed by atoms with Gasteiger partial charge in [0, 0.05) is 56.9 Å². The molecule has 3 aliphatic rings. The molecule has 2 amide bonds. The molecule has 2 fully saturated rings. The normalized spacial score (nSPS) is 24.8. The van der Waals surface area contributed by atoms with E-state index in [1.54, 1.807) is 17.9 Å². The minimum Gasteiger partial charge on any atom is -0.342 e. The molecule has 1 aromatic carbocycles. The summed E-state index contributed by atoms with van der Waals surface area (Å²) < 4.78 is 1.91. The standard InChI is InChI=1S/C26H32N4O3/c1-18(31)28-11-9-22(10-12-28)29-15-20-13-21(17-29)24-8-7-23(26(33)30(24)16-20)27-25(32)14-19-5-3-2-4-6-19/h2-8,20-22H,9-17H2,1H3,(H,27,32)/p+1/t20-,21+/m0/s1. The SMILES string of the molecule is CC(=O)N1CCC([NH+]2C[C@@H]3C[C@H](C2)c2ccc(NC(=O)Cc4ccccc4)c(=O)n2C3)CC1. The van der Waals surface area contributed by atoms with Crippen molar-refractivity contribution >= 4 is 17.5 Å². The minimum absolute atomic E-state index is 0.0816. The topological polar surface area (TPSA) is 75.8 Å². The number of pyridine rings is 1. The van der Waals surface area contributed by atoms with Crippen LogP contribution in [-0.4, -0.2) is 53.5 Å². The third-order valence-corrected chi connectivity index (χ3v) is 7.74. The maximum atomic E-state index is 13.2. The molecule has 3 aliphatic heterocycles. The second-order valence-electron chi connectivity index (χ2n) is 9.94. The van der Waals surface area contributed by atoms with E-state index in [1.165, 1.54) is 0 Å². The van der Waals surface area contributed by atoms with E-state index in [0.29, 0.717) is 23.6 Å². The molecule has 0 radical (unpaired) electrons. The Balaban J connectivity index is 1.27. The zero-order valence-corrected chi connectivity index (χ0v) is 19.3. The summed E-state index contributed by atoms with van der Waals surface area (Å²) in [7, 11) is 0. The van der Waals surface area contributed by atoms with Gasteiger partial charge in [-0.3, -0.25) is 14.4 Å². The number of benzene rings is 1. The highest BCUT2D eigenvalue weighted by molar-refractivity contribution is 5.92. The number of quaternary nitrogens is 1. The van der Waals surface area contributed by atoms with Crippen molar-refractivity contribution in [1.82, 2.24) is 9.47 Å². The maximum absolute atomic E-state index is 13.2. The van der Waals surface area contributed by atoms with Crippen molar-refractivity contribution in [2.24, 2.45) is 5.92 Å². The van der Waals surface area contributed by atoms with Crippen LogP contribution in [0.5, 0.6) is 0 Å². The predicted octanol–water partition coefficient (Wildman–Crippen LogP) is 1.04. The molecule has 174 valence electrons. The van der Waals surface area contributed by atoms with Crippen LogP contribution in [0.15, 0.2) is 47.3 Å². The van der Waals surface area contributed by atoms with Gasteiger partial charge in [-0.25, -0.2) is 0 Å². The van der Waals surface area contributed by atoms with E-state index in [0.717, 1.165) is 63.2 Å². The Bertz CT molecular complexity index is 1090. The van der Waals surface area contributed by atoms with E-state index < -0.39 is 0 Å². The summed E-state index contributed by atoms with van der Waals surface area (Å²) in [5.74, 6) is 0.867. The van der Waals surface area contributed by atoms with Crippen molar-refractivity contribution < 1.29 is 14.5 Å². The van der Waals surface area contributed by atoms with Crippen LogP contribution in [0.3, 0.4) is 0 Å². The number of rotatable bonds is 4. The number of carbonyl (C=O) groups excluding carboxylic acids is 2. The molecular weight excluding hydrogens is 416 g/mol. The molecular formula is C26H33N4O3+. The second-order valence-corrected chi connectivity index (χ2v) is 9.94. The molecule has 0 spiro atoms. The van der Waals surface area contributed by atoms with Crippen LogP contribution in [0, 0.1) is 5.92 Å². The highest BCUT2D eigenvalue weighted by atomic mass is 16.2. The van der Waals surface area contributed by atoms with Crippen LogP contribution < -0.4 is 15.8 Å². The van der Waals surface area contributed by atoms with Gasteiger partial charge in [0.15, 0.2) is 0 Å². The number of hydrogen-bond donors (Lipinski definition) is 2. The van der Waals surface area contributed by atoms with Gasteiger partial charge in [-0.15, -0.1) is 0 Å². The first-order valence-corrected chi connectivity index (χ1v) is 12.2. The summed E-state index contributed by atoms with van der Waals surface area (Å²) in [6, 6.07) is 14.0. The van der Waals surface area contributed by atoms with Crippen LogP contribution in [0.4, 0.5) is 5.69 Å². The lowest BCUT2D eigenvalue weighted by Crippen LogP contribution is -3.18. The fraction of sp³-hybridized carbons (Fsp3) is 0.500. The first-order chi connectivity index (χ1) is 16.0. The summed E-state index contributed by atoms with van der Waals surface area (Å²) >= 11 is 0. The van der Waals surface area contributed by atoms with Crippen LogP contribution in [0.1, 0.15) is 43.4 Å². The lowest BCUT2D eigenvalue weighted by atomic mass is 9.82. The number of amides is 2. The number of carbonyl (C=O) groups is 2. The summed E-state index contributed by atoms with van der Waals surface area (Å²) in [6.45, 7) is 6.23. The van der Waals surface area contributed by atoms with E-state index in [9.17, 15) is 14.4 Å². The largest absolute Gasteiger partial charge is 0.342 e. The smallest absolute Gasteiger partial charge is 0.274 e. The number of likely N-dealkylation sites (tertiary alicyclic amines) is 2. The van der Waals surface area contributed by atoms with Gasteiger partial charge in [-0.2, -0.15) is 0 Å². The van der Waals surface area contributed by atoms with Crippen LogP contribution in [-0.2, 0) is 22.6 Å². The van der Waals surface area contributed by atoms with Crippen LogP contribution in [0.25, 0.3) is 0 Å². The van der Waals surface area contributed by atoms with Gasteiger partial charge in [0.2, 0.25) is 11.8 Å². The molecule has 4 heterocycles. The van der Waals surface area contributed by atoms with Crippen molar-refractivity contribution in [1.29, 1.82) is 0 Å². The minimum atomic E-state index is -0.164. The monoisotopic (exact) mass is 449 g/mol. The van der Waals surface area contributed by atoms with Gasteiger partial charge >= 0.3 is 0 Å². The van der Waals surface area contributed by atoms with Crippen molar-refractivity contribution in [2.45, 2.75) is 51.1 Å². The number of nitrogens with one attached hydrogen (secondary N) is 2. The van der Waals surface area contributed by atoms with Gasteiger partial charge in [-0.05, 0) is 24.1 Å². The fourth-order valence-electron chi connectivity index (χ4n) is 6.11. The third kappa shape index (κ3) is 4.60. The van der Waals surface area contributed by atoms with Gasteiger partial charge < -0.3 is 19.7 Å². The summed E-state index contributed by atoms with van der Waals surface area (Å²) in [5.41, 5.74) is 2.33. The van der Waals surface area contributed by atoms with E-state index in [-0.39, 0.29) is 23.8 Å². The predicted molar refractivity (Wildman–Crippen MR) is 126 cm³/mol. The highest BCUT2D eigenvalue weighted by Crippen LogP contribution is 2.31. The number of anilines is 1. The number of aromatic nitrogens is 1. The number of piperidine rings is 2. The van der Waals surface area contributed by atoms with Gasteiger partial charge in [0.1, 0.15) is 5.69 Å². The second kappa shape index (κ2) is 9.14. The zero-order chi connectivity index (χ0) is 22.9. The summed E-state index contributed by atoms with van der Waals surface area (Å²) in [6.07, 6.45) is 3.52. The Morgan fingerprint density at radius 1 is 1.06 bits per heavy atom. The molecule has 3 atom stereocenters. The van der Waals surface area contributed by atoms with E-state index >= 15 is 0 Å². The Hall–Kier alpha value is -2.93. The molecule has 5 rings (SSSR count). The molecule has 2 aromatic rings. The molecule has 7 nitrogen and oxygen atoms in total. The van der Waals surface area contributed by atoms with E-state index in [4.69, 9.17) is 0 Å². The van der Waals surface area contributed by atoms with Gasteiger partial charge in [0.25, 0.3) is 5.56 Å². The fourth-order valence-corrected chi connectivity index (χ4v) is 6.11. The molecule has 1 aromatic heterocycles. The first kappa shape index (κ1) is 21.9. The van der Waals surface area contributed by atoms with Crippen molar-refractivity contribution in [2.75, 3.05) is 31.5 Å². The Morgan fingerprint density at radius 3 is 2.55 bits per heavy atom. The first-order valence-electron chi connectivity index (χ1n) is 12.2. The Labute approximate surface area is 194 Å². The number of fused-ring (bicyclic) bond motifs is 4. The molecule has 0 saturated carbocycles. The van der Waals surface area contributed by atoms with Gasteiger partial charge in [-0.1, -0.05) is 30.3 Å². The quantitative estimate of drug-likeness (QED) is 0.733. The lowest BCUT2D eigenvalue weighted by molar-refractivity contribution is -0.937. The molecule has 2 bridgehead atoms. The number of hydrogen-bond acceptors (Lipinski definition) is 3. The van der Waals surface area contributed by atoms with Gasteiger partial charge in [0.05, 0.1) is 25.6 Å². The van der Waals surface area contributed by atoms with E-state index in [1.807, 2.05) is 45.9 Å². The third-order valence-electron chi connectivity index (χ3n) is 7.74. The number of nitrogens with zero attached hydrogens (tertiary/aromatic N) is 2. The maximum Gasteiger partial charge on any atom is 0.274 e. The van der Waals surface area contributed by atoms with Crippen molar-refractivity contribution in [3.8, 4) is 0 Å². The highest BCUT2D eigenvalue weighted by Gasteiger charge is 2.41. The van der Waals surface area contributed by atoms with Crippen molar-refractivity contribution in [3.63, 3.8) is 0 Å². The van der Waals surface area contributed by atoms with Crippen LogP contribution >= 0.6 is 0 Å². The molecule has 2 saturated heterocycles. The Kier molecular flexibility index (Phi) is 6.06.